The van der Waals surface area contributed by atoms with E-state index in [-0.39, 0.29) is 25.7 Å². The first-order valence-electron chi connectivity index (χ1n) is 39.4. The highest BCUT2D eigenvalue weighted by atomic mass is 31.2. The second-order valence-corrected chi connectivity index (χ2v) is 28.9. The van der Waals surface area contributed by atoms with Crippen molar-refractivity contribution in [3.63, 3.8) is 0 Å². The summed E-state index contributed by atoms with van der Waals surface area (Å²) in [5.41, 5.74) is 0. The van der Waals surface area contributed by atoms with Gasteiger partial charge in [0.05, 0.1) is 26.4 Å². The Kier molecular flexibility index (Phi) is 71.0. The molecular formula is C83H140O17P2. The first-order valence-corrected chi connectivity index (χ1v) is 42.4. The Labute approximate surface area is 618 Å². The van der Waals surface area contributed by atoms with Crippen molar-refractivity contribution in [3.8, 4) is 0 Å². The monoisotopic (exact) mass is 1470 g/mol. The average Bonchev–Trinajstić information content (AvgIpc) is 0.966. The first kappa shape index (κ1) is 97.2. The molecule has 0 aromatic rings. The summed E-state index contributed by atoms with van der Waals surface area (Å²) in [5, 5.41) is 10.6. The van der Waals surface area contributed by atoms with E-state index in [1.165, 1.54) is 89.9 Å². The number of aliphatic hydroxyl groups is 1. The molecule has 0 amide bonds. The average molecular weight is 1470 g/mol. The summed E-state index contributed by atoms with van der Waals surface area (Å²) in [6.45, 7) is 4.63. The third-order valence-corrected chi connectivity index (χ3v) is 18.0. The Morgan fingerprint density at radius 1 is 0.284 bits per heavy atom. The van der Waals surface area contributed by atoms with E-state index in [0.717, 1.165) is 128 Å². The third kappa shape index (κ3) is 73.5. The van der Waals surface area contributed by atoms with Gasteiger partial charge in [-0.2, -0.15) is 0 Å². The maximum Gasteiger partial charge on any atom is 0.472 e. The molecule has 5 atom stereocenters. The fraction of sp³-hybridized carbons (Fsp3) is 0.687. The summed E-state index contributed by atoms with van der Waals surface area (Å²) in [7, 11) is -10.0. The summed E-state index contributed by atoms with van der Waals surface area (Å²) in [6, 6.07) is 0. The van der Waals surface area contributed by atoms with Crippen molar-refractivity contribution < 1.29 is 80.2 Å². The summed E-state index contributed by atoms with van der Waals surface area (Å²) in [5.74, 6) is -2.33. The van der Waals surface area contributed by atoms with Crippen LogP contribution in [0.3, 0.4) is 0 Å². The van der Waals surface area contributed by atoms with Crippen molar-refractivity contribution in [2.75, 3.05) is 39.6 Å². The minimum absolute atomic E-state index is 0.0112. The minimum atomic E-state index is -5.00. The largest absolute Gasteiger partial charge is 0.472 e. The Morgan fingerprint density at radius 3 is 0.853 bits per heavy atom. The van der Waals surface area contributed by atoms with E-state index in [0.29, 0.717) is 38.5 Å². The van der Waals surface area contributed by atoms with Crippen LogP contribution in [0.5, 0.6) is 0 Å². The number of rotatable bonds is 73. The topological polar surface area (TPSA) is 237 Å². The molecule has 19 heteroatoms. The summed E-state index contributed by atoms with van der Waals surface area (Å²) in [4.78, 5) is 72.9. The van der Waals surface area contributed by atoms with Crippen LogP contribution in [0.1, 0.15) is 310 Å². The number of carbonyl (C=O) groups excluding carboxylic acids is 4. The highest BCUT2D eigenvalue weighted by Gasteiger charge is 2.30. The molecule has 0 saturated carbocycles. The number of unbranched alkanes of at least 4 members (excludes halogenated alkanes) is 26. The predicted molar refractivity (Wildman–Crippen MR) is 418 cm³/mol. The zero-order valence-corrected chi connectivity index (χ0v) is 65.5. The van der Waals surface area contributed by atoms with Gasteiger partial charge in [0.2, 0.25) is 0 Å². The summed E-state index contributed by atoms with van der Waals surface area (Å²) < 4.78 is 68.4. The third-order valence-electron chi connectivity index (χ3n) is 16.1. The molecule has 0 aromatic carbocycles. The van der Waals surface area contributed by atoms with Crippen LogP contribution in [0, 0.1) is 0 Å². The van der Waals surface area contributed by atoms with Gasteiger partial charge in [0.25, 0.3) is 0 Å². The van der Waals surface area contributed by atoms with Crippen LogP contribution >= 0.6 is 15.6 Å². The van der Waals surface area contributed by atoms with E-state index in [2.05, 4.69) is 137 Å². The molecule has 3 N–H and O–H groups in total. The number of aliphatic hydroxyl groups excluding tert-OH is 1. The number of hydrogen-bond donors (Lipinski definition) is 3. The lowest BCUT2D eigenvalue weighted by molar-refractivity contribution is -0.161. The highest BCUT2D eigenvalue weighted by molar-refractivity contribution is 7.47. The van der Waals surface area contributed by atoms with E-state index in [1.54, 1.807) is 0 Å². The highest BCUT2D eigenvalue weighted by Crippen LogP contribution is 2.45. The van der Waals surface area contributed by atoms with Crippen LogP contribution in [0.4, 0.5) is 0 Å². The van der Waals surface area contributed by atoms with Gasteiger partial charge in [-0.05, 0) is 154 Å². The second-order valence-electron chi connectivity index (χ2n) is 26.0. The number of ether oxygens (including phenoxy) is 4. The molecule has 0 fully saturated rings. The molecule has 0 spiro atoms. The molecule has 0 heterocycles. The fourth-order valence-corrected chi connectivity index (χ4v) is 11.6. The molecule has 102 heavy (non-hydrogen) atoms. The van der Waals surface area contributed by atoms with Gasteiger partial charge in [-0.3, -0.25) is 37.3 Å². The standard InChI is InChI=1S/C83H140O17P2/c1-5-9-13-17-21-25-29-33-36-38-41-45-49-53-57-61-65-69-82(87)99-78(73-93-80(85)67-63-59-55-51-47-43-32-28-24-20-16-12-8-4)75-97-101(89,90)95-71-77(84)72-96-102(91,92)98-76-79(74-94-81(86)68-64-60-56-52-48-44-40-35-31-27-23-19-15-11-7-3)100-83(88)70-66-62-58-54-50-46-42-39-37-34-30-26-22-18-14-10-6-2/h21-22,25-28,31-37,40-42,45-46,53-54,57-58,77-79,84H,5-20,23-24,29-30,38-39,43-44,47-52,55-56,59-76H2,1-4H3,(H,89,90)(H,91,92)/b25-21-,26-22-,31-27-,32-28-,36-33-,37-34-,40-35-,45-41-,46-42-,57-53-,58-54-/t77-,78-,79-/m1/s1. The second kappa shape index (κ2) is 74.5. The van der Waals surface area contributed by atoms with Crippen LogP contribution in [0.25, 0.3) is 0 Å². The fourth-order valence-electron chi connectivity index (χ4n) is 10.0. The molecule has 0 saturated heterocycles. The maximum absolute atomic E-state index is 13.1. The normalized spacial score (nSPS) is 14.6. The van der Waals surface area contributed by atoms with Crippen molar-refractivity contribution in [2.24, 2.45) is 0 Å². The SMILES string of the molecule is CCCCC/C=C\C/C=C\C/C=C\C/C=C\CCCC(=O)O[C@H](COC(=O)CCCCCCC/C=C\C=C/CCCCCC)COP(=O)(O)OC[C@H](O)COP(=O)(O)OC[C@@H](COC(=O)CCCCCCC/C=C\CCCCCC)OC(=O)CCC/C=C\C/C=C\C/C=C\C/C=C\CCCCC. The lowest BCUT2D eigenvalue weighted by Crippen LogP contribution is -2.30. The number of carbonyl (C=O) groups is 4. The van der Waals surface area contributed by atoms with Crippen LogP contribution in [-0.2, 0) is 65.4 Å². The lowest BCUT2D eigenvalue weighted by Gasteiger charge is -2.21. The number of allylic oxidation sites excluding steroid dienone is 22. The molecule has 584 valence electrons. The van der Waals surface area contributed by atoms with Gasteiger partial charge in [0.1, 0.15) is 19.3 Å². The molecule has 17 nitrogen and oxygen atoms in total. The Hall–Kier alpha value is -4.80. The van der Waals surface area contributed by atoms with E-state index < -0.39 is 97.5 Å². The van der Waals surface area contributed by atoms with Gasteiger partial charge in [0, 0.05) is 25.7 Å². The Morgan fingerprint density at radius 2 is 0.520 bits per heavy atom. The van der Waals surface area contributed by atoms with Crippen molar-refractivity contribution in [2.45, 2.75) is 329 Å². The molecule has 0 aromatic heterocycles. The first-order chi connectivity index (χ1) is 49.7. The smallest absolute Gasteiger partial charge is 0.462 e. The number of hydrogen-bond acceptors (Lipinski definition) is 15. The van der Waals surface area contributed by atoms with E-state index in [4.69, 9.17) is 37.0 Å². The van der Waals surface area contributed by atoms with Crippen LogP contribution < -0.4 is 0 Å². The van der Waals surface area contributed by atoms with Gasteiger partial charge in [-0.15, -0.1) is 0 Å². The molecule has 0 aliphatic rings. The Balaban J connectivity index is 5.49. The zero-order chi connectivity index (χ0) is 74.6. The lowest BCUT2D eigenvalue weighted by atomic mass is 10.1. The van der Waals surface area contributed by atoms with Crippen molar-refractivity contribution in [3.05, 3.63) is 134 Å². The summed E-state index contributed by atoms with van der Waals surface area (Å²) >= 11 is 0. The van der Waals surface area contributed by atoms with Gasteiger partial charge in [0.15, 0.2) is 12.2 Å². The number of phosphoric acid groups is 2. The van der Waals surface area contributed by atoms with Crippen LogP contribution in [0.2, 0.25) is 0 Å². The van der Waals surface area contributed by atoms with E-state index in [1.807, 2.05) is 24.3 Å². The molecule has 2 unspecified atom stereocenters. The van der Waals surface area contributed by atoms with Gasteiger partial charge in [-0.25, -0.2) is 9.13 Å². The van der Waals surface area contributed by atoms with Crippen molar-refractivity contribution in [1.29, 1.82) is 0 Å². The Bertz CT molecular complexity index is 2460. The number of esters is 4. The van der Waals surface area contributed by atoms with Crippen molar-refractivity contribution in [1.82, 2.24) is 0 Å². The van der Waals surface area contributed by atoms with Crippen LogP contribution in [-0.4, -0.2) is 96.7 Å². The molecule has 0 bridgehead atoms. The molecular weight excluding hydrogens is 1330 g/mol. The molecule has 0 aliphatic carbocycles. The zero-order valence-electron chi connectivity index (χ0n) is 63.7. The summed E-state index contributed by atoms with van der Waals surface area (Å²) in [6.07, 6.45) is 83.0. The van der Waals surface area contributed by atoms with Crippen LogP contribution in [0.15, 0.2) is 134 Å². The number of phosphoric ester groups is 2. The van der Waals surface area contributed by atoms with Gasteiger partial charge < -0.3 is 33.8 Å². The predicted octanol–water partition coefficient (Wildman–Crippen LogP) is 22.9. The van der Waals surface area contributed by atoms with Gasteiger partial charge in [-0.1, -0.05) is 264 Å². The van der Waals surface area contributed by atoms with E-state index in [9.17, 15) is 43.2 Å². The van der Waals surface area contributed by atoms with Gasteiger partial charge >= 0.3 is 39.5 Å². The van der Waals surface area contributed by atoms with E-state index >= 15 is 0 Å². The van der Waals surface area contributed by atoms with Crippen molar-refractivity contribution >= 4 is 39.5 Å². The maximum atomic E-state index is 13.1. The molecule has 0 aliphatic heterocycles. The minimum Gasteiger partial charge on any atom is -0.462 e. The molecule has 0 radical (unpaired) electrons. The molecule has 0 rings (SSSR count). The quantitative estimate of drug-likeness (QED) is 0.0128.